The summed E-state index contributed by atoms with van der Waals surface area (Å²) in [7, 11) is 1.68. The predicted octanol–water partition coefficient (Wildman–Crippen LogP) is 3.66. The van der Waals surface area contributed by atoms with Crippen LogP contribution in [0.4, 0.5) is 0 Å². The highest BCUT2D eigenvalue weighted by Gasteiger charge is 2.16. The third kappa shape index (κ3) is 4.25. The molecule has 0 bridgehead atoms. The van der Waals surface area contributed by atoms with Gasteiger partial charge in [0.1, 0.15) is 0 Å². The van der Waals surface area contributed by atoms with Crippen LogP contribution in [0.3, 0.4) is 0 Å². The van der Waals surface area contributed by atoms with Crippen LogP contribution in [0, 0.1) is 0 Å². The van der Waals surface area contributed by atoms with Crippen molar-refractivity contribution in [1.82, 2.24) is 9.55 Å². The molecule has 0 saturated carbocycles. The van der Waals surface area contributed by atoms with Crippen LogP contribution in [-0.2, 0) is 12.0 Å². The van der Waals surface area contributed by atoms with E-state index in [1.807, 2.05) is 23.2 Å². The third-order valence-corrected chi connectivity index (χ3v) is 3.41. The van der Waals surface area contributed by atoms with Gasteiger partial charge < -0.3 is 14.0 Å². The number of hydrogen-bond donors (Lipinski definition) is 0. The number of aryl methyl sites for hydroxylation is 1. The van der Waals surface area contributed by atoms with Gasteiger partial charge in [0.2, 0.25) is 0 Å². The molecular weight excluding hydrogens is 264 g/mol. The average molecular weight is 288 g/mol. The van der Waals surface area contributed by atoms with Crippen molar-refractivity contribution in [2.75, 3.05) is 13.7 Å². The molecule has 2 aromatic rings. The lowest BCUT2D eigenvalue weighted by Crippen LogP contribution is -2.11. The molecule has 0 amide bonds. The fourth-order valence-corrected chi connectivity index (χ4v) is 2.10. The molecule has 1 aromatic heterocycles. The highest BCUT2D eigenvalue weighted by atomic mass is 16.5. The minimum absolute atomic E-state index is 0.104. The van der Waals surface area contributed by atoms with Crippen LogP contribution in [-0.4, -0.2) is 23.3 Å². The molecule has 0 unspecified atom stereocenters. The monoisotopic (exact) mass is 288 g/mol. The van der Waals surface area contributed by atoms with Gasteiger partial charge in [-0.3, -0.25) is 0 Å². The molecule has 0 aliphatic heterocycles. The minimum atomic E-state index is 0.104. The van der Waals surface area contributed by atoms with Crippen molar-refractivity contribution in [3.8, 4) is 11.5 Å². The molecule has 2 rings (SSSR count). The van der Waals surface area contributed by atoms with E-state index in [1.54, 1.807) is 13.3 Å². The summed E-state index contributed by atoms with van der Waals surface area (Å²) in [5.41, 5.74) is 1.35. The summed E-state index contributed by atoms with van der Waals surface area (Å²) in [6.45, 7) is 8.13. The lowest BCUT2D eigenvalue weighted by molar-refractivity contribution is 0.282. The number of imidazole rings is 1. The number of methoxy groups -OCH3 is 1. The van der Waals surface area contributed by atoms with Gasteiger partial charge in [0.05, 0.1) is 20.0 Å². The van der Waals surface area contributed by atoms with Crippen LogP contribution >= 0.6 is 0 Å². The Balaban J connectivity index is 1.93. The molecule has 1 heterocycles. The lowest BCUT2D eigenvalue weighted by atomic mass is 9.87. The zero-order chi connectivity index (χ0) is 15.3. The number of hydrogen-bond acceptors (Lipinski definition) is 3. The van der Waals surface area contributed by atoms with Gasteiger partial charge in [-0.2, -0.15) is 0 Å². The summed E-state index contributed by atoms with van der Waals surface area (Å²) >= 11 is 0. The summed E-state index contributed by atoms with van der Waals surface area (Å²) in [6, 6.07) is 6.16. The number of aromatic nitrogens is 2. The quantitative estimate of drug-likeness (QED) is 0.761. The molecule has 4 heteroatoms. The van der Waals surface area contributed by atoms with Gasteiger partial charge in [0, 0.05) is 18.9 Å². The summed E-state index contributed by atoms with van der Waals surface area (Å²) in [4.78, 5) is 4.02. The zero-order valence-electron chi connectivity index (χ0n) is 13.3. The number of rotatable bonds is 6. The standard InChI is InChI=1S/C17H24N2O2/c1-17(2,3)14-6-7-15(16(12-14)20-4)21-11-5-9-19-10-8-18-13-19/h6-8,10,12-13H,5,9,11H2,1-4H3. The van der Waals surface area contributed by atoms with Crippen molar-refractivity contribution < 1.29 is 9.47 Å². The smallest absolute Gasteiger partial charge is 0.161 e. The van der Waals surface area contributed by atoms with Crippen molar-refractivity contribution in [1.29, 1.82) is 0 Å². The van der Waals surface area contributed by atoms with Crippen molar-refractivity contribution in [3.05, 3.63) is 42.5 Å². The van der Waals surface area contributed by atoms with Crippen molar-refractivity contribution in [2.45, 2.75) is 39.2 Å². The molecule has 0 aliphatic carbocycles. The Morgan fingerprint density at radius 2 is 2.00 bits per heavy atom. The molecule has 0 radical (unpaired) electrons. The molecule has 0 atom stereocenters. The fourth-order valence-electron chi connectivity index (χ4n) is 2.10. The number of nitrogens with zero attached hydrogens (tertiary/aromatic N) is 2. The highest BCUT2D eigenvalue weighted by molar-refractivity contribution is 5.44. The van der Waals surface area contributed by atoms with Gasteiger partial charge in [0.15, 0.2) is 11.5 Å². The second-order valence-corrected chi connectivity index (χ2v) is 6.12. The lowest BCUT2D eigenvalue weighted by Gasteiger charge is -2.21. The van der Waals surface area contributed by atoms with Crippen molar-refractivity contribution >= 4 is 0 Å². The maximum atomic E-state index is 5.84. The van der Waals surface area contributed by atoms with E-state index in [-0.39, 0.29) is 5.41 Å². The van der Waals surface area contributed by atoms with E-state index >= 15 is 0 Å². The molecular formula is C17H24N2O2. The molecule has 0 aliphatic rings. The molecule has 4 nitrogen and oxygen atoms in total. The Hall–Kier alpha value is -1.97. The van der Waals surface area contributed by atoms with Crippen molar-refractivity contribution in [2.24, 2.45) is 0 Å². The van der Waals surface area contributed by atoms with Crippen LogP contribution in [0.2, 0.25) is 0 Å². The summed E-state index contributed by atoms with van der Waals surface area (Å²) < 4.78 is 13.3. The van der Waals surface area contributed by atoms with Gasteiger partial charge in [-0.25, -0.2) is 4.98 Å². The summed E-state index contributed by atoms with van der Waals surface area (Å²) in [5, 5.41) is 0. The van der Waals surface area contributed by atoms with E-state index in [2.05, 4.69) is 37.9 Å². The second-order valence-electron chi connectivity index (χ2n) is 6.12. The normalized spacial score (nSPS) is 11.4. The van der Waals surface area contributed by atoms with E-state index in [9.17, 15) is 0 Å². The van der Waals surface area contributed by atoms with Crippen LogP contribution in [0.1, 0.15) is 32.8 Å². The van der Waals surface area contributed by atoms with Crippen LogP contribution in [0.25, 0.3) is 0 Å². The van der Waals surface area contributed by atoms with E-state index < -0.39 is 0 Å². The minimum Gasteiger partial charge on any atom is -0.493 e. The Labute approximate surface area is 126 Å². The van der Waals surface area contributed by atoms with E-state index in [4.69, 9.17) is 9.47 Å². The van der Waals surface area contributed by atoms with Gasteiger partial charge in [0.25, 0.3) is 0 Å². The third-order valence-electron chi connectivity index (χ3n) is 3.41. The highest BCUT2D eigenvalue weighted by Crippen LogP contribution is 2.33. The van der Waals surface area contributed by atoms with Gasteiger partial charge in [-0.15, -0.1) is 0 Å². The summed E-state index contributed by atoms with van der Waals surface area (Å²) in [6.07, 6.45) is 6.49. The topological polar surface area (TPSA) is 36.3 Å². The maximum Gasteiger partial charge on any atom is 0.161 e. The first-order valence-electron chi connectivity index (χ1n) is 7.28. The molecule has 0 saturated heterocycles. The molecule has 21 heavy (non-hydrogen) atoms. The Bertz CT molecular complexity index is 557. The van der Waals surface area contributed by atoms with Crippen LogP contribution < -0.4 is 9.47 Å². The Morgan fingerprint density at radius 1 is 1.19 bits per heavy atom. The van der Waals surface area contributed by atoms with E-state index in [0.29, 0.717) is 6.61 Å². The number of ether oxygens (including phenoxy) is 2. The maximum absolute atomic E-state index is 5.84. The average Bonchev–Trinajstić information content (AvgIpc) is 2.95. The second kappa shape index (κ2) is 6.66. The Kier molecular flexibility index (Phi) is 4.89. The van der Waals surface area contributed by atoms with E-state index in [0.717, 1.165) is 24.5 Å². The van der Waals surface area contributed by atoms with Gasteiger partial charge in [-0.05, 0) is 29.5 Å². The SMILES string of the molecule is COc1cc(C(C)(C)C)ccc1OCCCn1ccnc1. The fraction of sp³-hybridized carbons (Fsp3) is 0.471. The Morgan fingerprint density at radius 3 is 2.62 bits per heavy atom. The van der Waals surface area contributed by atoms with Gasteiger partial charge >= 0.3 is 0 Å². The largest absolute Gasteiger partial charge is 0.493 e. The zero-order valence-corrected chi connectivity index (χ0v) is 13.3. The molecule has 1 aromatic carbocycles. The van der Waals surface area contributed by atoms with Gasteiger partial charge in [-0.1, -0.05) is 26.8 Å². The first-order valence-corrected chi connectivity index (χ1v) is 7.28. The van der Waals surface area contributed by atoms with Crippen LogP contribution in [0.5, 0.6) is 11.5 Å². The molecule has 0 N–H and O–H groups in total. The first kappa shape index (κ1) is 15.4. The molecule has 0 spiro atoms. The first-order chi connectivity index (χ1) is 10.0. The number of benzene rings is 1. The predicted molar refractivity (Wildman–Crippen MR) is 84.0 cm³/mol. The molecule has 0 fully saturated rings. The van der Waals surface area contributed by atoms with Crippen LogP contribution in [0.15, 0.2) is 36.9 Å². The molecule has 114 valence electrons. The summed E-state index contributed by atoms with van der Waals surface area (Å²) in [5.74, 6) is 1.60. The van der Waals surface area contributed by atoms with E-state index in [1.165, 1.54) is 5.56 Å². The van der Waals surface area contributed by atoms with Crippen molar-refractivity contribution in [3.63, 3.8) is 0 Å².